The van der Waals surface area contributed by atoms with Crippen molar-refractivity contribution in [2.75, 3.05) is 18.0 Å². The van der Waals surface area contributed by atoms with Gasteiger partial charge in [-0.05, 0) is 38.8 Å². The van der Waals surface area contributed by atoms with Gasteiger partial charge < -0.3 is 15.0 Å². The predicted octanol–water partition coefficient (Wildman–Crippen LogP) is 3.10. The number of amides is 1. The number of nitrogens with zero attached hydrogens (tertiary/aromatic N) is 2. The number of rotatable bonds is 4. The molecule has 4 rings (SSSR count). The first-order valence-corrected chi connectivity index (χ1v) is 9.57. The molecule has 1 amide bonds. The maximum absolute atomic E-state index is 14.5. The first kappa shape index (κ1) is 18.0. The number of fused-ring (bicyclic) bond motifs is 1. The van der Waals surface area contributed by atoms with Crippen LogP contribution in [-0.2, 0) is 17.7 Å². The molecule has 0 unspecified atom stereocenters. The number of aromatic nitrogens is 2. The van der Waals surface area contributed by atoms with Gasteiger partial charge in [-0.1, -0.05) is 6.07 Å². The van der Waals surface area contributed by atoms with Crippen LogP contribution in [-0.4, -0.2) is 35.3 Å². The molecule has 1 aromatic carbocycles. The van der Waals surface area contributed by atoms with Crippen molar-refractivity contribution in [1.29, 1.82) is 0 Å². The number of benzene rings is 1. The fourth-order valence-electron chi connectivity index (χ4n) is 4.09. The Labute approximate surface area is 158 Å². The van der Waals surface area contributed by atoms with E-state index in [1.165, 1.54) is 6.07 Å². The zero-order valence-electron chi connectivity index (χ0n) is 15.7. The minimum Gasteiger partial charge on any atom is -0.371 e. The quantitative estimate of drug-likeness (QED) is 0.865. The molecule has 0 radical (unpaired) electrons. The molecule has 0 saturated carbocycles. The molecule has 6 nitrogen and oxygen atoms in total. The molecule has 2 N–H and O–H groups in total. The Hall–Kier alpha value is -2.41. The van der Waals surface area contributed by atoms with Gasteiger partial charge in [-0.15, -0.1) is 0 Å². The molecule has 1 saturated heterocycles. The number of H-pyrrole nitrogens is 1. The highest BCUT2D eigenvalue weighted by Crippen LogP contribution is 2.30. The summed E-state index contributed by atoms with van der Waals surface area (Å²) in [5, 5.41) is 9.98. The van der Waals surface area contributed by atoms with E-state index in [1.54, 1.807) is 6.07 Å². The Kier molecular flexibility index (Phi) is 4.86. The molecule has 1 fully saturated rings. The van der Waals surface area contributed by atoms with Crippen molar-refractivity contribution in [3.63, 3.8) is 0 Å². The second-order valence-electron chi connectivity index (χ2n) is 7.37. The van der Waals surface area contributed by atoms with E-state index in [0.29, 0.717) is 17.7 Å². The van der Waals surface area contributed by atoms with Crippen molar-refractivity contribution < 1.29 is 13.9 Å². The number of hydrogen-bond donors (Lipinski definition) is 2. The third kappa shape index (κ3) is 3.43. The molecule has 2 aliphatic rings. The van der Waals surface area contributed by atoms with Crippen LogP contribution >= 0.6 is 0 Å². The van der Waals surface area contributed by atoms with Gasteiger partial charge in [-0.2, -0.15) is 5.10 Å². The van der Waals surface area contributed by atoms with Gasteiger partial charge in [0.25, 0.3) is 5.91 Å². The van der Waals surface area contributed by atoms with Crippen LogP contribution in [0.3, 0.4) is 0 Å². The third-order valence-corrected chi connectivity index (χ3v) is 5.42. The van der Waals surface area contributed by atoms with Crippen molar-refractivity contribution >= 4 is 11.6 Å². The number of carbonyl (C=O) groups is 1. The Morgan fingerprint density at radius 2 is 2.15 bits per heavy atom. The Morgan fingerprint density at radius 1 is 1.37 bits per heavy atom. The van der Waals surface area contributed by atoms with Crippen LogP contribution < -0.4 is 10.2 Å². The van der Waals surface area contributed by atoms with Crippen LogP contribution in [0.4, 0.5) is 10.1 Å². The molecule has 7 heteroatoms. The summed E-state index contributed by atoms with van der Waals surface area (Å²) in [4.78, 5) is 14.9. The number of carbonyl (C=O) groups excluding carboxylic acids is 1. The van der Waals surface area contributed by atoms with E-state index in [0.717, 1.165) is 42.9 Å². The highest BCUT2D eigenvalue weighted by atomic mass is 19.1. The fraction of sp³-hybridized carbons (Fsp3) is 0.500. The van der Waals surface area contributed by atoms with Crippen molar-refractivity contribution in [2.24, 2.45) is 0 Å². The minimum atomic E-state index is -0.292. The Balaban J connectivity index is 1.53. The van der Waals surface area contributed by atoms with Gasteiger partial charge in [-0.25, -0.2) is 4.39 Å². The molecular formula is C20H25FN4O2. The van der Waals surface area contributed by atoms with Crippen LogP contribution in [0, 0.1) is 5.82 Å². The number of aromatic amines is 1. The van der Waals surface area contributed by atoms with Gasteiger partial charge in [0.1, 0.15) is 5.82 Å². The van der Waals surface area contributed by atoms with Crippen LogP contribution in [0.15, 0.2) is 18.2 Å². The van der Waals surface area contributed by atoms with Gasteiger partial charge in [0, 0.05) is 42.9 Å². The van der Waals surface area contributed by atoms with E-state index in [9.17, 15) is 9.18 Å². The number of nitrogens with one attached hydrogen (secondary N) is 2. The fourth-order valence-corrected chi connectivity index (χ4v) is 4.09. The summed E-state index contributed by atoms with van der Waals surface area (Å²) in [5.41, 5.74) is 3.52. The topological polar surface area (TPSA) is 70.2 Å². The van der Waals surface area contributed by atoms with Crippen molar-refractivity contribution in [2.45, 2.75) is 51.9 Å². The minimum absolute atomic E-state index is 0.0324. The van der Waals surface area contributed by atoms with E-state index >= 15 is 0 Å². The third-order valence-electron chi connectivity index (χ3n) is 5.42. The van der Waals surface area contributed by atoms with Crippen LogP contribution in [0.1, 0.15) is 60.1 Å². The first-order chi connectivity index (χ1) is 13.0. The lowest BCUT2D eigenvalue weighted by Crippen LogP contribution is -2.29. The van der Waals surface area contributed by atoms with Crippen molar-refractivity contribution in [3.8, 4) is 0 Å². The number of ether oxygens (including phenoxy) is 1. The summed E-state index contributed by atoms with van der Waals surface area (Å²) in [6.07, 6.45) is 2.77. The highest BCUT2D eigenvalue weighted by molar-refractivity contribution is 5.94. The van der Waals surface area contributed by atoms with E-state index in [1.807, 2.05) is 19.9 Å². The smallest absolute Gasteiger partial charge is 0.272 e. The van der Waals surface area contributed by atoms with Gasteiger partial charge >= 0.3 is 0 Å². The molecule has 0 spiro atoms. The predicted molar refractivity (Wildman–Crippen MR) is 100 cm³/mol. The summed E-state index contributed by atoms with van der Waals surface area (Å²) >= 11 is 0. The second-order valence-corrected chi connectivity index (χ2v) is 7.37. The molecular weight excluding hydrogens is 347 g/mol. The Bertz CT molecular complexity index is 845. The lowest BCUT2D eigenvalue weighted by Gasteiger charge is -2.25. The number of anilines is 1. The maximum atomic E-state index is 14.5. The number of hydrogen-bond acceptors (Lipinski definition) is 4. The van der Waals surface area contributed by atoms with Crippen molar-refractivity contribution in [3.05, 3.63) is 46.5 Å². The average molecular weight is 372 g/mol. The van der Waals surface area contributed by atoms with Gasteiger partial charge in [0.15, 0.2) is 5.69 Å². The van der Waals surface area contributed by atoms with Crippen LogP contribution in [0.2, 0.25) is 0 Å². The zero-order chi connectivity index (χ0) is 19.0. The molecule has 2 aromatic rings. The lowest BCUT2D eigenvalue weighted by atomic mass is 9.99. The lowest BCUT2D eigenvalue weighted by molar-refractivity contribution is -0.00697. The summed E-state index contributed by atoms with van der Waals surface area (Å²) in [7, 11) is 0. The monoisotopic (exact) mass is 372 g/mol. The highest BCUT2D eigenvalue weighted by Gasteiger charge is 2.29. The van der Waals surface area contributed by atoms with E-state index in [2.05, 4.69) is 20.4 Å². The summed E-state index contributed by atoms with van der Waals surface area (Å²) in [5.74, 6) is -0.580. The molecule has 144 valence electrons. The SMILES string of the molecule is C[C@@H]1Cc2c(C(=O)NCc3c(F)cccc3N3CCCC3)n[nH]c2[C@H](C)O1. The standard InChI is InChI=1S/C20H25FN4O2/c1-12-10-14-18(13(2)27-12)23-24-19(14)20(26)22-11-15-16(21)6-5-7-17(15)25-8-3-4-9-25/h5-7,12-13H,3-4,8-11H2,1-2H3,(H,22,26)(H,23,24)/t12-,13+/m1/s1. The zero-order valence-corrected chi connectivity index (χ0v) is 15.7. The molecule has 2 atom stereocenters. The summed E-state index contributed by atoms with van der Waals surface area (Å²) < 4.78 is 20.2. The summed E-state index contributed by atoms with van der Waals surface area (Å²) in [6, 6.07) is 5.09. The van der Waals surface area contributed by atoms with Crippen LogP contribution in [0.5, 0.6) is 0 Å². The normalized spacial score (nSPS) is 22.0. The van der Waals surface area contributed by atoms with E-state index in [-0.39, 0.29) is 30.5 Å². The van der Waals surface area contributed by atoms with Crippen LogP contribution in [0.25, 0.3) is 0 Å². The first-order valence-electron chi connectivity index (χ1n) is 9.57. The molecule has 27 heavy (non-hydrogen) atoms. The summed E-state index contributed by atoms with van der Waals surface area (Å²) in [6.45, 7) is 5.91. The van der Waals surface area contributed by atoms with E-state index in [4.69, 9.17) is 4.74 Å². The van der Waals surface area contributed by atoms with E-state index < -0.39 is 0 Å². The number of halogens is 1. The van der Waals surface area contributed by atoms with Gasteiger partial charge in [0.2, 0.25) is 0 Å². The Morgan fingerprint density at radius 3 is 2.93 bits per heavy atom. The van der Waals surface area contributed by atoms with Crippen molar-refractivity contribution in [1.82, 2.24) is 15.5 Å². The van der Waals surface area contributed by atoms with Gasteiger partial charge in [0.05, 0.1) is 17.9 Å². The van der Waals surface area contributed by atoms with Gasteiger partial charge in [-0.3, -0.25) is 9.89 Å². The molecule has 1 aromatic heterocycles. The molecule has 2 aliphatic heterocycles. The largest absolute Gasteiger partial charge is 0.371 e. The maximum Gasteiger partial charge on any atom is 0.272 e. The molecule has 3 heterocycles. The molecule has 0 aliphatic carbocycles. The average Bonchev–Trinajstić information content (AvgIpc) is 3.30. The second kappa shape index (κ2) is 7.31. The molecule has 0 bridgehead atoms.